The lowest BCUT2D eigenvalue weighted by Crippen LogP contribution is -2.44. The topological polar surface area (TPSA) is 80.5 Å². The lowest BCUT2D eigenvalue weighted by Gasteiger charge is -2.34. The molecule has 1 aromatic carbocycles. The van der Waals surface area contributed by atoms with Crippen LogP contribution in [0.2, 0.25) is 0 Å². The average Bonchev–Trinajstić information content (AvgIpc) is 2.35. The van der Waals surface area contributed by atoms with Crippen LogP contribution >= 0.6 is 11.8 Å². The van der Waals surface area contributed by atoms with Crippen LogP contribution in [0.25, 0.3) is 0 Å². The minimum atomic E-state index is -3.39. The van der Waals surface area contributed by atoms with E-state index in [4.69, 9.17) is 5.73 Å². The summed E-state index contributed by atoms with van der Waals surface area (Å²) in [5, 5.41) is 0.737. The number of nitrogens with zero attached hydrogens (tertiary/aromatic N) is 1. The molecule has 1 heterocycles. The van der Waals surface area contributed by atoms with Crippen LogP contribution in [0, 0.1) is 0 Å². The monoisotopic (exact) mass is 328 g/mol. The van der Waals surface area contributed by atoms with Gasteiger partial charge in [0.1, 0.15) is 0 Å². The van der Waals surface area contributed by atoms with Gasteiger partial charge in [-0.3, -0.25) is 4.79 Å². The summed E-state index contributed by atoms with van der Waals surface area (Å²) in [7, 11) is -3.39. The van der Waals surface area contributed by atoms with Gasteiger partial charge in [0.15, 0.2) is 9.84 Å². The molecule has 1 aromatic rings. The van der Waals surface area contributed by atoms with Gasteiger partial charge in [-0.25, -0.2) is 8.42 Å². The number of benzene rings is 1. The number of anilines is 1. The number of carbonyl (C=O) groups is 1. The van der Waals surface area contributed by atoms with Crippen molar-refractivity contribution in [3.63, 3.8) is 0 Å². The van der Waals surface area contributed by atoms with E-state index in [1.165, 1.54) is 18.2 Å². The zero-order valence-corrected chi connectivity index (χ0v) is 14.0. The molecule has 2 atom stereocenters. The van der Waals surface area contributed by atoms with Gasteiger partial charge in [0, 0.05) is 41.1 Å². The minimum absolute atomic E-state index is 0.0818. The van der Waals surface area contributed by atoms with Crippen molar-refractivity contribution in [1.82, 2.24) is 4.90 Å². The molecule has 7 heteroatoms. The number of carbonyl (C=O) groups excluding carboxylic acids is 1. The molecule has 0 aliphatic carbocycles. The number of rotatable bonds is 2. The van der Waals surface area contributed by atoms with Crippen molar-refractivity contribution in [1.29, 1.82) is 0 Å². The molecule has 0 bridgehead atoms. The number of amides is 1. The third kappa shape index (κ3) is 3.91. The second-order valence-electron chi connectivity index (χ2n) is 5.53. The molecule has 1 fully saturated rings. The molecule has 2 unspecified atom stereocenters. The van der Waals surface area contributed by atoms with Gasteiger partial charge in [-0.15, -0.1) is 0 Å². The summed E-state index contributed by atoms with van der Waals surface area (Å²) in [6.45, 7) is 5.50. The third-order valence-electron chi connectivity index (χ3n) is 3.31. The maximum Gasteiger partial charge on any atom is 0.254 e. The number of hydrogen-bond donors (Lipinski definition) is 1. The third-order valence-corrected chi connectivity index (χ3v) is 5.63. The summed E-state index contributed by atoms with van der Waals surface area (Å²) in [4.78, 5) is 14.4. The summed E-state index contributed by atoms with van der Waals surface area (Å²) < 4.78 is 23.3. The second kappa shape index (κ2) is 5.88. The fourth-order valence-electron chi connectivity index (χ4n) is 2.49. The Bertz CT molecular complexity index is 648. The largest absolute Gasteiger partial charge is 0.399 e. The molecule has 0 radical (unpaired) electrons. The van der Waals surface area contributed by atoms with Crippen molar-refractivity contribution in [2.24, 2.45) is 0 Å². The van der Waals surface area contributed by atoms with Gasteiger partial charge in [-0.05, 0) is 18.2 Å². The van der Waals surface area contributed by atoms with Gasteiger partial charge in [0.2, 0.25) is 0 Å². The van der Waals surface area contributed by atoms with Crippen LogP contribution in [-0.4, -0.2) is 49.1 Å². The van der Waals surface area contributed by atoms with Crippen LogP contribution in [0.4, 0.5) is 5.69 Å². The molecule has 1 aliphatic rings. The van der Waals surface area contributed by atoms with Gasteiger partial charge in [0.25, 0.3) is 5.91 Å². The molecule has 5 nitrogen and oxygen atoms in total. The van der Waals surface area contributed by atoms with E-state index in [9.17, 15) is 13.2 Å². The van der Waals surface area contributed by atoms with E-state index in [-0.39, 0.29) is 16.5 Å². The Kier molecular flexibility index (Phi) is 4.53. The molecule has 2 N–H and O–H groups in total. The minimum Gasteiger partial charge on any atom is -0.399 e. The Morgan fingerprint density at radius 3 is 2.33 bits per heavy atom. The highest BCUT2D eigenvalue weighted by molar-refractivity contribution is 8.00. The van der Waals surface area contributed by atoms with Crippen LogP contribution in [0.1, 0.15) is 24.2 Å². The first kappa shape index (κ1) is 16.2. The van der Waals surface area contributed by atoms with E-state index in [2.05, 4.69) is 13.8 Å². The quantitative estimate of drug-likeness (QED) is 0.835. The first-order valence-corrected chi connectivity index (χ1v) is 9.55. The molecule has 21 heavy (non-hydrogen) atoms. The van der Waals surface area contributed by atoms with E-state index in [0.29, 0.717) is 29.2 Å². The van der Waals surface area contributed by atoms with E-state index in [1.807, 2.05) is 11.8 Å². The van der Waals surface area contributed by atoms with Crippen molar-refractivity contribution < 1.29 is 13.2 Å². The van der Waals surface area contributed by atoms with E-state index < -0.39 is 9.84 Å². The predicted octanol–water partition coefficient (Wildman–Crippen LogP) is 1.64. The molecular weight excluding hydrogens is 308 g/mol. The van der Waals surface area contributed by atoms with E-state index in [0.717, 1.165) is 6.26 Å². The fraction of sp³-hybridized carbons (Fsp3) is 0.500. The maximum absolute atomic E-state index is 12.6. The summed E-state index contributed by atoms with van der Waals surface area (Å²) in [5.41, 5.74) is 6.36. The Labute approximate surface area is 129 Å². The lowest BCUT2D eigenvalue weighted by atomic mass is 10.1. The first-order valence-electron chi connectivity index (χ1n) is 6.72. The Balaban J connectivity index is 2.33. The van der Waals surface area contributed by atoms with Crippen molar-refractivity contribution in [2.75, 3.05) is 25.1 Å². The Hall–Kier alpha value is -1.21. The summed E-state index contributed by atoms with van der Waals surface area (Å²) >= 11 is 1.85. The molecule has 1 aliphatic heterocycles. The van der Waals surface area contributed by atoms with Gasteiger partial charge in [-0.1, -0.05) is 13.8 Å². The molecular formula is C14H20N2O3S2. The van der Waals surface area contributed by atoms with E-state index >= 15 is 0 Å². The smallest absolute Gasteiger partial charge is 0.254 e. The number of nitrogen functional groups attached to an aromatic ring is 1. The van der Waals surface area contributed by atoms with Crippen molar-refractivity contribution in [3.05, 3.63) is 23.8 Å². The van der Waals surface area contributed by atoms with Crippen molar-refractivity contribution in [3.8, 4) is 0 Å². The normalized spacial score (nSPS) is 23.1. The first-order chi connectivity index (χ1) is 9.66. The Morgan fingerprint density at radius 1 is 1.24 bits per heavy atom. The molecule has 1 saturated heterocycles. The average molecular weight is 328 g/mol. The summed E-state index contributed by atoms with van der Waals surface area (Å²) in [5.74, 6) is -0.161. The number of thioether (sulfide) groups is 1. The van der Waals surface area contributed by atoms with Crippen LogP contribution in [-0.2, 0) is 9.84 Å². The molecule has 1 amide bonds. The highest BCUT2D eigenvalue weighted by Gasteiger charge is 2.27. The van der Waals surface area contributed by atoms with Crippen molar-refractivity contribution >= 4 is 33.2 Å². The number of nitrogens with two attached hydrogens (primary N) is 1. The predicted molar refractivity (Wildman–Crippen MR) is 86.4 cm³/mol. The van der Waals surface area contributed by atoms with Gasteiger partial charge < -0.3 is 10.6 Å². The molecule has 116 valence electrons. The second-order valence-corrected chi connectivity index (χ2v) is 9.43. The SMILES string of the molecule is CC1CN(C(=O)c2cc(N)cc(S(C)(=O)=O)c2)CC(C)S1. The maximum atomic E-state index is 12.6. The number of sulfone groups is 1. The Morgan fingerprint density at radius 2 is 1.81 bits per heavy atom. The van der Waals surface area contributed by atoms with Gasteiger partial charge >= 0.3 is 0 Å². The zero-order chi connectivity index (χ0) is 15.8. The van der Waals surface area contributed by atoms with E-state index in [1.54, 1.807) is 4.90 Å². The summed E-state index contributed by atoms with van der Waals surface area (Å²) in [6.07, 6.45) is 1.11. The highest BCUT2D eigenvalue weighted by atomic mass is 32.2. The van der Waals surface area contributed by atoms with Gasteiger partial charge in [-0.2, -0.15) is 11.8 Å². The molecule has 0 spiro atoms. The highest BCUT2D eigenvalue weighted by Crippen LogP contribution is 2.26. The van der Waals surface area contributed by atoms with Crippen LogP contribution < -0.4 is 5.73 Å². The fourth-order valence-corrected chi connectivity index (χ4v) is 4.50. The molecule has 0 aromatic heterocycles. The summed E-state index contributed by atoms with van der Waals surface area (Å²) in [6, 6.07) is 4.32. The standard InChI is InChI=1S/C14H20N2O3S2/c1-9-7-16(8-10(2)20-9)14(17)11-4-12(15)6-13(5-11)21(3,18)19/h4-6,9-10H,7-8,15H2,1-3H3. The lowest BCUT2D eigenvalue weighted by molar-refractivity contribution is 0.0753. The molecule has 2 rings (SSSR count). The number of hydrogen-bond acceptors (Lipinski definition) is 5. The molecule has 0 saturated carbocycles. The van der Waals surface area contributed by atoms with Crippen LogP contribution in [0.3, 0.4) is 0 Å². The van der Waals surface area contributed by atoms with Crippen molar-refractivity contribution in [2.45, 2.75) is 29.2 Å². The van der Waals surface area contributed by atoms with Crippen LogP contribution in [0.15, 0.2) is 23.1 Å². The zero-order valence-electron chi connectivity index (χ0n) is 12.4. The van der Waals surface area contributed by atoms with Crippen LogP contribution in [0.5, 0.6) is 0 Å². The van der Waals surface area contributed by atoms with Gasteiger partial charge in [0.05, 0.1) is 4.90 Å².